The SMILES string of the molecule is O=C(Nc1cc(F)ccc1Br)c1cc2ccc(F)cc2s1. The number of carbonyl (C=O) groups is 1. The smallest absolute Gasteiger partial charge is 0.265 e. The lowest BCUT2D eigenvalue weighted by Gasteiger charge is -2.05. The number of hydrogen-bond acceptors (Lipinski definition) is 2. The summed E-state index contributed by atoms with van der Waals surface area (Å²) >= 11 is 4.44. The van der Waals surface area contributed by atoms with Gasteiger partial charge in [0.25, 0.3) is 5.91 Å². The van der Waals surface area contributed by atoms with Crippen molar-refractivity contribution in [2.75, 3.05) is 5.32 Å². The monoisotopic (exact) mass is 367 g/mol. The number of benzene rings is 2. The zero-order valence-electron chi connectivity index (χ0n) is 10.5. The Morgan fingerprint density at radius 3 is 2.57 bits per heavy atom. The zero-order valence-corrected chi connectivity index (χ0v) is 12.9. The second-order valence-corrected chi connectivity index (χ2v) is 6.31. The van der Waals surface area contributed by atoms with Crippen LogP contribution in [0, 0.1) is 11.6 Å². The van der Waals surface area contributed by atoms with E-state index in [1.165, 1.54) is 41.7 Å². The quantitative estimate of drug-likeness (QED) is 0.662. The maximum absolute atomic E-state index is 13.2. The van der Waals surface area contributed by atoms with Crippen LogP contribution >= 0.6 is 27.3 Å². The Hall–Kier alpha value is -1.79. The summed E-state index contributed by atoms with van der Waals surface area (Å²) in [6.45, 7) is 0. The fraction of sp³-hybridized carbons (Fsp3) is 0. The molecule has 1 N–H and O–H groups in total. The molecule has 0 aliphatic rings. The third-order valence-electron chi connectivity index (χ3n) is 2.88. The Balaban J connectivity index is 1.91. The molecule has 0 aliphatic heterocycles. The maximum atomic E-state index is 13.2. The predicted octanol–water partition coefficient (Wildman–Crippen LogP) is 5.19. The van der Waals surface area contributed by atoms with E-state index in [4.69, 9.17) is 0 Å². The number of fused-ring (bicyclic) bond motifs is 1. The normalized spacial score (nSPS) is 10.8. The van der Waals surface area contributed by atoms with Crippen LogP contribution in [0.3, 0.4) is 0 Å². The van der Waals surface area contributed by atoms with E-state index in [1.54, 1.807) is 12.1 Å². The lowest BCUT2D eigenvalue weighted by atomic mass is 10.2. The summed E-state index contributed by atoms with van der Waals surface area (Å²) in [5, 5.41) is 3.43. The van der Waals surface area contributed by atoms with E-state index in [9.17, 15) is 13.6 Å². The largest absolute Gasteiger partial charge is 0.320 e. The number of anilines is 1. The van der Waals surface area contributed by atoms with Gasteiger partial charge in [0, 0.05) is 9.17 Å². The molecule has 0 unspecified atom stereocenters. The van der Waals surface area contributed by atoms with Crippen molar-refractivity contribution in [3.63, 3.8) is 0 Å². The van der Waals surface area contributed by atoms with Gasteiger partial charge < -0.3 is 5.32 Å². The third kappa shape index (κ3) is 2.96. The van der Waals surface area contributed by atoms with Gasteiger partial charge in [-0.3, -0.25) is 4.79 Å². The first kappa shape index (κ1) is 14.2. The number of thiophene rings is 1. The van der Waals surface area contributed by atoms with E-state index < -0.39 is 5.82 Å². The zero-order chi connectivity index (χ0) is 15.0. The molecule has 0 fully saturated rings. The van der Waals surface area contributed by atoms with E-state index in [0.29, 0.717) is 19.7 Å². The van der Waals surface area contributed by atoms with Crippen LogP contribution in [-0.2, 0) is 0 Å². The summed E-state index contributed by atoms with van der Waals surface area (Å²) in [6, 6.07) is 10.1. The first-order valence-corrected chi connectivity index (χ1v) is 7.59. The van der Waals surface area contributed by atoms with Crippen LogP contribution in [0.4, 0.5) is 14.5 Å². The molecule has 1 amide bonds. The predicted molar refractivity (Wildman–Crippen MR) is 83.8 cm³/mol. The molecule has 0 radical (unpaired) electrons. The van der Waals surface area contributed by atoms with Crippen LogP contribution in [-0.4, -0.2) is 5.91 Å². The Morgan fingerprint density at radius 2 is 1.76 bits per heavy atom. The van der Waals surface area contributed by atoms with Crippen molar-refractivity contribution in [1.29, 1.82) is 0 Å². The van der Waals surface area contributed by atoms with Crippen LogP contribution < -0.4 is 5.32 Å². The highest BCUT2D eigenvalue weighted by molar-refractivity contribution is 9.10. The summed E-state index contributed by atoms with van der Waals surface area (Å²) in [5.41, 5.74) is 0.351. The van der Waals surface area contributed by atoms with Crippen molar-refractivity contribution in [3.05, 3.63) is 63.4 Å². The van der Waals surface area contributed by atoms with Gasteiger partial charge in [0.05, 0.1) is 10.6 Å². The van der Waals surface area contributed by atoms with E-state index in [1.807, 2.05) is 0 Å². The van der Waals surface area contributed by atoms with Crippen molar-refractivity contribution in [3.8, 4) is 0 Å². The Labute approximate surface area is 131 Å². The van der Waals surface area contributed by atoms with Crippen LogP contribution in [0.2, 0.25) is 0 Å². The average Bonchev–Trinajstić information content (AvgIpc) is 2.86. The molecule has 106 valence electrons. The van der Waals surface area contributed by atoms with Crippen LogP contribution in [0.5, 0.6) is 0 Å². The minimum atomic E-state index is -0.438. The number of nitrogens with one attached hydrogen (secondary N) is 1. The Bertz CT molecular complexity index is 847. The molecule has 0 saturated carbocycles. The molecule has 0 bridgehead atoms. The molecule has 0 atom stereocenters. The van der Waals surface area contributed by atoms with E-state index in [-0.39, 0.29) is 11.7 Å². The number of amides is 1. The number of carbonyl (C=O) groups excluding carboxylic acids is 1. The van der Waals surface area contributed by atoms with Gasteiger partial charge in [-0.25, -0.2) is 8.78 Å². The molecule has 0 aliphatic carbocycles. The van der Waals surface area contributed by atoms with Crippen molar-refractivity contribution in [1.82, 2.24) is 0 Å². The summed E-state index contributed by atoms with van der Waals surface area (Å²) in [7, 11) is 0. The molecule has 2 aromatic carbocycles. The topological polar surface area (TPSA) is 29.1 Å². The highest BCUT2D eigenvalue weighted by Crippen LogP contribution is 2.28. The lowest BCUT2D eigenvalue weighted by molar-refractivity contribution is 0.103. The molecule has 3 aromatic rings. The molecule has 1 aromatic heterocycles. The summed E-state index contributed by atoms with van der Waals surface area (Å²) < 4.78 is 27.6. The molecular weight excluding hydrogens is 360 g/mol. The summed E-state index contributed by atoms with van der Waals surface area (Å²) in [6.07, 6.45) is 0. The van der Waals surface area contributed by atoms with E-state index in [0.717, 1.165) is 5.39 Å². The fourth-order valence-electron chi connectivity index (χ4n) is 1.89. The van der Waals surface area contributed by atoms with Gasteiger partial charge in [-0.2, -0.15) is 0 Å². The second-order valence-electron chi connectivity index (χ2n) is 4.37. The van der Waals surface area contributed by atoms with Crippen molar-refractivity contribution < 1.29 is 13.6 Å². The van der Waals surface area contributed by atoms with Crippen molar-refractivity contribution >= 4 is 48.9 Å². The standard InChI is InChI=1S/C15H8BrF2NOS/c16-11-4-3-9(17)6-12(11)19-15(20)14-5-8-1-2-10(18)7-13(8)21-14/h1-7H,(H,19,20). The molecule has 1 heterocycles. The van der Waals surface area contributed by atoms with Crippen molar-refractivity contribution in [2.24, 2.45) is 0 Å². The van der Waals surface area contributed by atoms with Gasteiger partial charge in [0.2, 0.25) is 0 Å². The first-order chi connectivity index (χ1) is 10.0. The molecule has 0 saturated heterocycles. The minimum absolute atomic E-state index is 0.343. The van der Waals surface area contributed by atoms with Crippen LogP contribution in [0.1, 0.15) is 9.67 Å². The molecule has 6 heteroatoms. The van der Waals surface area contributed by atoms with E-state index >= 15 is 0 Å². The van der Waals surface area contributed by atoms with Crippen LogP contribution in [0.25, 0.3) is 10.1 Å². The van der Waals surface area contributed by atoms with Crippen LogP contribution in [0.15, 0.2) is 46.9 Å². The highest BCUT2D eigenvalue weighted by atomic mass is 79.9. The number of halogens is 3. The molecule has 3 rings (SSSR count). The van der Waals surface area contributed by atoms with E-state index in [2.05, 4.69) is 21.2 Å². The van der Waals surface area contributed by atoms with Crippen molar-refractivity contribution in [2.45, 2.75) is 0 Å². The molecule has 2 nitrogen and oxygen atoms in total. The maximum Gasteiger partial charge on any atom is 0.265 e. The van der Waals surface area contributed by atoms with Gasteiger partial charge in [-0.05, 0) is 57.7 Å². The highest BCUT2D eigenvalue weighted by Gasteiger charge is 2.13. The summed E-state index contributed by atoms with van der Waals surface area (Å²) in [4.78, 5) is 12.6. The second kappa shape index (κ2) is 5.54. The molecule has 0 spiro atoms. The summed E-state index contributed by atoms with van der Waals surface area (Å²) in [5.74, 6) is -1.14. The number of hydrogen-bond donors (Lipinski definition) is 1. The number of rotatable bonds is 2. The molecular formula is C15H8BrF2NOS. The average molecular weight is 368 g/mol. The Morgan fingerprint density at radius 1 is 1.05 bits per heavy atom. The third-order valence-corrected chi connectivity index (χ3v) is 4.67. The Kier molecular flexibility index (Phi) is 3.73. The van der Waals surface area contributed by atoms with Gasteiger partial charge in [-0.15, -0.1) is 11.3 Å². The van der Waals surface area contributed by atoms with Gasteiger partial charge >= 0.3 is 0 Å². The van der Waals surface area contributed by atoms with Gasteiger partial charge in [0.15, 0.2) is 0 Å². The fourth-order valence-corrected chi connectivity index (χ4v) is 3.22. The lowest BCUT2D eigenvalue weighted by Crippen LogP contribution is -2.10. The first-order valence-electron chi connectivity index (χ1n) is 5.98. The van der Waals surface area contributed by atoms with Gasteiger partial charge in [0.1, 0.15) is 11.6 Å². The molecule has 21 heavy (non-hydrogen) atoms. The van der Waals surface area contributed by atoms with Gasteiger partial charge in [-0.1, -0.05) is 6.07 Å². The minimum Gasteiger partial charge on any atom is -0.320 e.